The van der Waals surface area contributed by atoms with Gasteiger partial charge in [0.1, 0.15) is 0 Å². The molecule has 0 N–H and O–H groups in total. The molecular weight excluding hydrogens is 202 g/mol. The maximum atomic E-state index is 4.43. The first-order valence-electron chi connectivity index (χ1n) is 3.61. The van der Waals surface area contributed by atoms with E-state index in [9.17, 15) is 0 Å². The first kappa shape index (κ1) is 7.04. The van der Waals surface area contributed by atoms with Crippen LogP contribution in [0, 0.1) is 0 Å². The van der Waals surface area contributed by atoms with Gasteiger partial charge in [-0.3, -0.25) is 4.99 Å². The summed E-state index contributed by atoms with van der Waals surface area (Å²) in [5.41, 5.74) is 0. The van der Waals surface area contributed by atoms with Crippen LogP contribution < -0.4 is 10.6 Å². The molecular formula is C9H8BrN. The number of halogens is 1. The molecule has 0 saturated carbocycles. The number of hydrogen-bond acceptors (Lipinski definition) is 1. The lowest BCUT2D eigenvalue weighted by atomic mass is 10.2. The molecule has 11 heavy (non-hydrogen) atoms. The largest absolute Gasteiger partial charge is 0.278 e. The fourth-order valence-electron chi connectivity index (χ4n) is 1.29. The van der Waals surface area contributed by atoms with Crippen molar-refractivity contribution in [1.82, 2.24) is 0 Å². The molecule has 1 aromatic carbocycles. The Bertz CT molecular complexity index is 395. The summed E-state index contributed by atoms with van der Waals surface area (Å²) < 4.78 is 1.10. The molecule has 0 fully saturated rings. The first-order chi connectivity index (χ1) is 5.25. The Hall–Kier alpha value is -0.630. The lowest BCUT2D eigenvalue weighted by Crippen LogP contribution is -2.20. The molecule has 1 unspecified atom stereocenters. The van der Waals surface area contributed by atoms with Gasteiger partial charge in [0.2, 0.25) is 0 Å². The van der Waals surface area contributed by atoms with Crippen molar-refractivity contribution in [3.8, 4) is 0 Å². The summed E-state index contributed by atoms with van der Waals surface area (Å²) in [6, 6.07) is 6.53. The number of rotatable bonds is 0. The average Bonchev–Trinajstić information content (AvgIpc) is 2.27. The predicted octanol–water partition coefficient (Wildman–Crippen LogP) is 1.25. The van der Waals surface area contributed by atoms with E-state index in [-0.39, 0.29) is 0 Å². The maximum Gasteiger partial charge on any atom is 0.0668 e. The van der Waals surface area contributed by atoms with Gasteiger partial charge in [-0.2, -0.15) is 0 Å². The fraction of sp³-hybridized carbons (Fsp3) is 0.222. The number of benzene rings is 1. The molecule has 1 nitrogen and oxygen atoms in total. The summed E-state index contributed by atoms with van der Waals surface area (Å²) >= 11 is 3.41. The Morgan fingerprint density at radius 3 is 3.09 bits per heavy atom. The van der Waals surface area contributed by atoms with Crippen molar-refractivity contribution >= 4 is 22.0 Å². The molecule has 0 aliphatic carbocycles. The zero-order chi connectivity index (χ0) is 7.84. The van der Waals surface area contributed by atoms with Crippen LogP contribution in [0.3, 0.4) is 0 Å². The Kier molecular flexibility index (Phi) is 1.57. The highest BCUT2D eigenvalue weighted by atomic mass is 79.9. The zero-order valence-electron chi connectivity index (χ0n) is 6.21. The fourth-order valence-corrected chi connectivity index (χ4v) is 1.64. The van der Waals surface area contributed by atoms with Crippen molar-refractivity contribution in [1.29, 1.82) is 0 Å². The molecule has 0 bridgehead atoms. The molecule has 1 atom stereocenters. The van der Waals surface area contributed by atoms with Crippen LogP contribution in [-0.4, -0.2) is 6.04 Å². The third-order valence-corrected chi connectivity index (χ3v) is 2.25. The van der Waals surface area contributed by atoms with Crippen molar-refractivity contribution in [3.05, 3.63) is 33.2 Å². The van der Waals surface area contributed by atoms with Crippen LogP contribution >= 0.6 is 15.9 Å². The van der Waals surface area contributed by atoms with Gasteiger partial charge in [-0.05, 0) is 24.3 Å². The van der Waals surface area contributed by atoms with E-state index >= 15 is 0 Å². The minimum atomic E-state index is 0.347. The van der Waals surface area contributed by atoms with Gasteiger partial charge in [-0.15, -0.1) is 0 Å². The lowest BCUT2D eigenvalue weighted by Gasteiger charge is -1.87. The van der Waals surface area contributed by atoms with E-state index in [4.69, 9.17) is 0 Å². The molecule has 0 radical (unpaired) electrons. The van der Waals surface area contributed by atoms with Gasteiger partial charge in [-0.1, -0.05) is 28.1 Å². The van der Waals surface area contributed by atoms with Crippen molar-refractivity contribution in [2.45, 2.75) is 13.0 Å². The minimum Gasteiger partial charge on any atom is -0.278 e. The van der Waals surface area contributed by atoms with Crippen LogP contribution in [0.2, 0.25) is 0 Å². The Morgan fingerprint density at radius 1 is 1.45 bits per heavy atom. The molecule has 0 spiro atoms. The second-order valence-electron chi connectivity index (χ2n) is 2.74. The molecule has 1 aliphatic rings. The second-order valence-corrected chi connectivity index (χ2v) is 3.66. The van der Waals surface area contributed by atoms with E-state index in [0.29, 0.717) is 6.04 Å². The van der Waals surface area contributed by atoms with E-state index in [1.54, 1.807) is 0 Å². The SMILES string of the molecule is CC1C=c2ccc(Br)cc2=N1. The normalized spacial score (nSPS) is 20.4. The number of hydrogen-bond donors (Lipinski definition) is 0. The van der Waals surface area contributed by atoms with Crippen molar-refractivity contribution in [3.63, 3.8) is 0 Å². The molecule has 56 valence electrons. The lowest BCUT2D eigenvalue weighted by molar-refractivity contribution is 0.955. The topological polar surface area (TPSA) is 12.4 Å². The van der Waals surface area contributed by atoms with E-state index in [1.165, 1.54) is 5.22 Å². The van der Waals surface area contributed by atoms with Gasteiger partial charge in [0.15, 0.2) is 0 Å². The molecule has 2 heteroatoms. The number of fused-ring (bicyclic) bond motifs is 1. The Balaban J connectivity index is 2.78. The van der Waals surface area contributed by atoms with E-state index in [0.717, 1.165) is 9.83 Å². The smallest absolute Gasteiger partial charge is 0.0668 e. The van der Waals surface area contributed by atoms with E-state index < -0.39 is 0 Å². The van der Waals surface area contributed by atoms with Crippen molar-refractivity contribution < 1.29 is 0 Å². The highest BCUT2D eigenvalue weighted by Gasteiger charge is 2.01. The van der Waals surface area contributed by atoms with Crippen LogP contribution in [0.15, 0.2) is 27.7 Å². The first-order valence-corrected chi connectivity index (χ1v) is 4.40. The molecule has 0 amide bonds. The average molecular weight is 210 g/mol. The van der Waals surface area contributed by atoms with Crippen molar-refractivity contribution in [2.24, 2.45) is 4.99 Å². The third-order valence-electron chi connectivity index (χ3n) is 1.76. The number of nitrogens with zero attached hydrogens (tertiary/aromatic N) is 1. The van der Waals surface area contributed by atoms with Gasteiger partial charge < -0.3 is 0 Å². The summed E-state index contributed by atoms with van der Waals surface area (Å²) in [6.07, 6.45) is 2.17. The van der Waals surface area contributed by atoms with Gasteiger partial charge in [0.05, 0.1) is 11.4 Å². The third kappa shape index (κ3) is 1.23. The van der Waals surface area contributed by atoms with Crippen LogP contribution in [-0.2, 0) is 0 Å². The Morgan fingerprint density at radius 2 is 2.27 bits per heavy atom. The molecule has 2 rings (SSSR count). The maximum absolute atomic E-state index is 4.43. The standard InChI is InChI=1S/C9H8BrN/c1-6-4-7-2-3-8(10)5-9(7)11-6/h2-6H,1H3. The highest BCUT2D eigenvalue weighted by molar-refractivity contribution is 9.10. The molecule has 1 heterocycles. The van der Waals surface area contributed by atoms with E-state index in [1.807, 2.05) is 6.07 Å². The van der Waals surface area contributed by atoms with Crippen molar-refractivity contribution in [2.75, 3.05) is 0 Å². The monoisotopic (exact) mass is 209 g/mol. The summed E-state index contributed by atoms with van der Waals surface area (Å²) in [7, 11) is 0. The molecule has 0 aromatic heterocycles. The van der Waals surface area contributed by atoms with Crippen LogP contribution in [0.1, 0.15) is 6.92 Å². The van der Waals surface area contributed by atoms with Crippen LogP contribution in [0.5, 0.6) is 0 Å². The second kappa shape index (κ2) is 2.45. The van der Waals surface area contributed by atoms with Crippen LogP contribution in [0.4, 0.5) is 0 Å². The molecule has 0 saturated heterocycles. The minimum absolute atomic E-state index is 0.347. The molecule has 1 aromatic rings. The summed E-state index contributed by atoms with van der Waals surface area (Å²) in [6.45, 7) is 2.09. The van der Waals surface area contributed by atoms with Gasteiger partial charge in [0, 0.05) is 4.47 Å². The van der Waals surface area contributed by atoms with Gasteiger partial charge in [0.25, 0.3) is 0 Å². The van der Waals surface area contributed by atoms with Gasteiger partial charge in [-0.25, -0.2) is 0 Å². The zero-order valence-corrected chi connectivity index (χ0v) is 7.80. The molecule has 1 aliphatic heterocycles. The Labute approximate surface area is 73.6 Å². The van der Waals surface area contributed by atoms with Crippen LogP contribution in [0.25, 0.3) is 6.08 Å². The summed E-state index contributed by atoms with van der Waals surface area (Å²) in [4.78, 5) is 4.43. The van der Waals surface area contributed by atoms with E-state index in [2.05, 4.69) is 46.1 Å². The predicted molar refractivity (Wildman–Crippen MR) is 48.9 cm³/mol. The summed E-state index contributed by atoms with van der Waals surface area (Å²) in [5.74, 6) is 0. The quantitative estimate of drug-likeness (QED) is 0.611. The van der Waals surface area contributed by atoms with Gasteiger partial charge >= 0.3 is 0 Å². The highest BCUT2D eigenvalue weighted by Crippen LogP contribution is 2.03. The summed E-state index contributed by atoms with van der Waals surface area (Å²) in [5, 5.41) is 2.35.